The normalized spacial score (nSPS) is 23.2. The van der Waals surface area contributed by atoms with Gasteiger partial charge in [-0.2, -0.15) is 0 Å². The third-order valence-electron chi connectivity index (χ3n) is 5.27. The van der Waals surface area contributed by atoms with Gasteiger partial charge >= 0.3 is 0 Å². The first-order chi connectivity index (χ1) is 11.6. The quantitative estimate of drug-likeness (QED) is 0.878. The van der Waals surface area contributed by atoms with E-state index in [9.17, 15) is 9.18 Å². The molecule has 1 N–H and O–H groups in total. The number of nitrogens with one attached hydrogen (secondary N) is 1. The molecule has 1 aliphatic heterocycles. The Balaban J connectivity index is 1.56. The Kier molecular flexibility index (Phi) is 6.12. The van der Waals surface area contributed by atoms with Crippen LogP contribution in [0.4, 0.5) is 4.39 Å². The standard InChI is InChI=1S/C19H26ClFN2O/c20-16-9-4-10-17(21)18(16)19(24)22-15-8-5-11-23(13-15)12-14-6-2-1-3-7-14/h4,9-10,14-15H,1-3,5-8,11-13H2,(H,22,24). The second kappa shape index (κ2) is 8.30. The van der Waals surface area contributed by atoms with Gasteiger partial charge in [0.15, 0.2) is 0 Å². The van der Waals surface area contributed by atoms with Gasteiger partial charge in [-0.1, -0.05) is 36.9 Å². The molecule has 1 saturated carbocycles. The zero-order chi connectivity index (χ0) is 16.9. The summed E-state index contributed by atoms with van der Waals surface area (Å²) in [6.07, 6.45) is 8.76. The molecule has 0 aromatic heterocycles. The minimum Gasteiger partial charge on any atom is -0.348 e. The van der Waals surface area contributed by atoms with Crippen LogP contribution in [0.25, 0.3) is 0 Å². The van der Waals surface area contributed by atoms with Crippen LogP contribution in [0, 0.1) is 11.7 Å². The number of likely N-dealkylation sites (tertiary alicyclic amines) is 1. The number of halogens is 2. The van der Waals surface area contributed by atoms with Crippen molar-refractivity contribution < 1.29 is 9.18 Å². The zero-order valence-electron chi connectivity index (χ0n) is 14.1. The van der Waals surface area contributed by atoms with Crippen molar-refractivity contribution in [3.63, 3.8) is 0 Å². The minimum absolute atomic E-state index is 0.0384. The van der Waals surface area contributed by atoms with Gasteiger partial charge in [0.1, 0.15) is 5.82 Å². The van der Waals surface area contributed by atoms with Crippen molar-refractivity contribution in [3.8, 4) is 0 Å². The van der Waals surface area contributed by atoms with E-state index in [1.807, 2.05) is 0 Å². The molecule has 1 atom stereocenters. The molecular weight excluding hydrogens is 327 g/mol. The summed E-state index contributed by atoms with van der Waals surface area (Å²) < 4.78 is 13.9. The molecule has 0 bridgehead atoms. The van der Waals surface area contributed by atoms with Gasteiger partial charge in [-0.3, -0.25) is 4.79 Å². The molecule has 1 aliphatic carbocycles. The van der Waals surface area contributed by atoms with E-state index in [1.165, 1.54) is 44.2 Å². The first-order valence-electron chi connectivity index (χ1n) is 9.10. The molecule has 24 heavy (non-hydrogen) atoms. The average Bonchev–Trinajstić information content (AvgIpc) is 2.56. The number of carbonyl (C=O) groups is 1. The molecule has 1 aromatic rings. The molecule has 0 radical (unpaired) electrons. The highest BCUT2D eigenvalue weighted by Crippen LogP contribution is 2.26. The average molecular weight is 353 g/mol. The third kappa shape index (κ3) is 4.48. The summed E-state index contributed by atoms with van der Waals surface area (Å²) in [5, 5.41) is 3.15. The molecule has 1 amide bonds. The number of piperidine rings is 1. The molecule has 3 rings (SSSR count). The van der Waals surface area contributed by atoms with Crippen molar-refractivity contribution in [2.24, 2.45) is 5.92 Å². The lowest BCUT2D eigenvalue weighted by Crippen LogP contribution is -2.49. The highest BCUT2D eigenvalue weighted by atomic mass is 35.5. The van der Waals surface area contributed by atoms with Crippen LogP contribution in [0.2, 0.25) is 5.02 Å². The van der Waals surface area contributed by atoms with Gasteiger partial charge in [0.2, 0.25) is 0 Å². The van der Waals surface area contributed by atoms with Gasteiger partial charge < -0.3 is 10.2 Å². The van der Waals surface area contributed by atoms with Crippen LogP contribution in [0.3, 0.4) is 0 Å². The Hall–Kier alpha value is -1.13. The van der Waals surface area contributed by atoms with Gasteiger partial charge in [0.25, 0.3) is 5.91 Å². The van der Waals surface area contributed by atoms with Crippen LogP contribution in [0.1, 0.15) is 55.3 Å². The lowest BCUT2D eigenvalue weighted by Gasteiger charge is -2.36. The first-order valence-corrected chi connectivity index (χ1v) is 9.48. The molecule has 2 aliphatic rings. The van der Waals surface area contributed by atoms with Crippen molar-refractivity contribution in [2.45, 2.75) is 51.0 Å². The Bertz CT molecular complexity index is 554. The van der Waals surface area contributed by atoms with E-state index in [-0.39, 0.29) is 16.6 Å². The predicted octanol–water partition coefficient (Wildman–Crippen LogP) is 4.25. The molecule has 2 fully saturated rings. The Morgan fingerprint density at radius 2 is 2.00 bits per heavy atom. The van der Waals surface area contributed by atoms with Gasteiger partial charge in [-0.25, -0.2) is 4.39 Å². The largest absolute Gasteiger partial charge is 0.348 e. The third-order valence-corrected chi connectivity index (χ3v) is 5.59. The number of hydrogen-bond donors (Lipinski definition) is 1. The minimum atomic E-state index is -0.560. The van der Waals surface area contributed by atoms with Crippen molar-refractivity contribution in [1.82, 2.24) is 10.2 Å². The fourth-order valence-electron chi connectivity index (χ4n) is 4.05. The fourth-order valence-corrected chi connectivity index (χ4v) is 4.30. The molecule has 3 nitrogen and oxygen atoms in total. The van der Waals surface area contributed by atoms with Crippen LogP contribution in [0.15, 0.2) is 18.2 Å². The van der Waals surface area contributed by atoms with Crippen molar-refractivity contribution >= 4 is 17.5 Å². The van der Waals surface area contributed by atoms with Gasteiger partial charge in [-0.15, -0.1) is 0 Å². The van der Waals surface area contributed by atoms with E-state index in [4.69, 9.17) is 11.6 Å². The van der Waals surface area contributed by atoms with Crippen LogP contribution in [-0.4, -0.2) is 36.5 Å². The summed E-state index contributed by atoms with van der Waals surface area (Å²) in [5.74, 6) is -0.160. The molecule has 0 spiro atoms. The van der Waals surface area contributed by atoms with Gasteiger partial charge in [0, 0.05) is 19.1 Å². The Labute approximate surface area is 148 Å². The molecule has 1 saturated heterocycles. The number of rotatable bonds is 4. The summed E-state index contributed by atoms with van der Waals surface area (Å²) in [6, 6.07) is 4.42. The summed E-state index contributed by atoms with van der Waals surface area (Å²) in [4.78, 5) is 14.9. The van der Waals surface area contributed by atoms with E-state index < -0.39 is 11.7 Å². The molecule has 5 heteroatoms. The van der Waals surface area contributed by atoms with Crippen molar-refractivity contribution in [2.75, 3.05) is 19.6 Å². The van der Waals surface area contributed by atoms with E-state index in [0.29, 0.717) is 0 Å². The second-order valence-electron chi connectivity index (χ2n) is 7.17. The van der Waals surface area contributed by atoms with Crippen molar-refractivity contribution in [1.29, 1.82) is 0 Å². The van der Waals surface area contributed by atoms with E-state index in [0.717, 1.165) is 38.4 Å². The van der Waals surface area contributed by atoms with Crippen LogP contribution in [0.5, 0.6) is 0 Å². The highest BCUT2D eigenvalue weighted by molar-refractivity contribution is 6.33. The molecule has 1 unspecified atom stereocenters. The molecule has 132 valence electrons. The monoisotopic (exact) mass is 352 g/mol. The van der Waals surface area contributed by atoms with Gasteiger partial charge in [-0.05, 0) is 50.3 Å². The number of hydrogen-bond acceptors (Lipinski definition) is 2. The highest BCUT2D eigenvalue weighted by Gasteiger charge is 2.26. The number of carbonyl (C=O) groups excluding carboxylic acids is 1. The summed E-state index contributed by atoms with van der Waals surface area (Å²) in [5.41, 5.74) is -0.0384. The Morgan fingerprint density at radius 3 is 2.75 bits per heavy atom. The number of amides is 1. The van der Waals surface area contributed by atoms with E-state index in [1.54, 1.807) is 6.07 Å². The lowest BCUT2D eigenvalue weighted by molar-refractivity contribution is 0.0886. The molecule has 1 aromatic carbocycles. The second-order valence-corrected chi connectivity index (χ2v) is 7.58. The van der Waals surface area contributed by atoms with E-state index in [2.05, 4.69) is 10.2 Å². The fraction of sp³-hybridized carbons (Fsp3) is 0.632. The predicted molar refractivity (Wildman–Crippen MR) is 94.9 cm³/mol. The molecular formula is C19H26ClFN2O. The molecule has 1 heterocycles. The van der Waals surface area contributed by atoms with Crippen molar-refractivity contribution in [3.05, 3.63) is 34.6 Å². The van der Waals surface area contributed by atoms with Crippen LogP contribution >= 0.6 is 11.6 Å². The van der Waals surface area contributed by atoms with Crippen LogP contribution < -0.4 is 5.32 Å². The smallest absolute Gasteiger partial charge is 0.256 e. The topological polar surface area (TPSA) is 32.3 Å². The maximum atomic E-state index is 13.9. The lowest BCUT2D eigenvalue weighted by atomic mass is 9.88. The first kappa shape index (κ1) is 17.7. The van der Waals surface area contributed by atoms with E-state index >= 15 is 0 Å². The summed E-state index contributed by atoms with van der Waals surface area (Å²) >= 11 is 5.99. The number of nitrogens with zero attached hydrogens (tertiary/aromatic N) is 1. The maximum absolute atomic E-state index is 13.9. The summed E-state index contributed by atoms with van der Waals surface area (Å²) in [6.45, 7) is 3.09. The van der Waals surface area contributed by atoms with Gasteiger partial charge in [0.05, 0.1) is 10.6 Å². The Morgan fingerprint density at radius 1 is 1.21 bits per heavy atom. The summed E-state index contributed by atoms with van der Waals surface area (Å²) in [7, 11) is 0. The van der Waals surface area contributed by atoms with Crippen LogP contribution in [-0.2, 0) is 0 Å². The maximum Gasteiger partial charge on any atom is 0.256 e. The number of benzene rings is 1. The zero-order valence-corrected chi connectivity index (χ0v) is 14.8. The SMILES string of the molecule is O=C(NC1CCCN(CC2CCCCC2)C1)c1c(F)cccc1Cl.